The predicted octanol–water partition coefficient (Wildman–Crippen LogP) is 3.31. The van der Waals surface area contributed by atoms with Crippen molar-refractivity contribution < 1.29 is 9.59 Å². The summed E-state index contributed by atoms with van der Waals surface area (Å²) in [7, 11) is 2.31. The highest BCUT2D eigenvalue weighted by atomic mass is 16.3. The van der Waals surface area contributed by atoms with E-state index in [0.717, 1.165) is 33.9 Å². The lowest BCUT2D eigenvalue weighted by atomic mass is 9.72. The van der Waals surface area contributed by atoms with E-state index in [1.165, 1.54) is 13.0 Å². The van der Waals surface area contributed by atoms with Crippen LogP contribution < -0.4 is 0 Å². The molecule has 0 amide bonds. The zero-order valence-corrected chi connectivity index (χ0v) is 13.7. The Kier molecular flexibility index (Phi) is 3.51. The molecule has 5 rings (SSSR count). The highest BCUT2D eigenvalue weighted by Gasteiger charge is 2.51. The standard InChI is InChI=1S/C20H25N2O/c1-3-14-13-22(2)11-9-15(14)12-19(22)20(23)17-8-10-21-18-7-5-4-6-16(17)18/h3-8,10,14-15,19-20,23H,1,9,11-13H2,2H3/q+1/t14?,15?,19-,20-,22?/m1/s1. The van der Waals surface area contributed by atoms with Gasteiger partial charge in [-0.15, -0.1) is 6.58 Å². The van der Waals surface area contributed by atoms with Crippen molar-refractivity contribution >= 4 is 10.9 Å². The average molecular weight is 309 g/mol. The van der Waals surface area contributed by atoms with Gasteiger partial charge in [0.2, 0.25) is 0 Å². The Morgan fingerprint density at radius 3 is 2.96 bits per heavy atom. The summed E-state index contributed by atoms with van der Waals surface area (Å²) < 4.78 is 0.963. The third kappa shape index (κ3) is 2.30. The molecule has 0 saturated carbocycles. The van der Waals surface area contributed by atoms with Crippen molar-refractivity contribution in [3.63, 3.8) is 0 Å². The Hall–Kier alpha value is -1.71. The molecule has 4 heterocycles. The number of pyridine rings is 1. The zero-order valence-electron chi connectivity index (χ0n) is 13.7. The van der Waals surface area contributed by atoms with Gasteiger partial charge in [-0.3, -0.25) is 4.98 Å². The maximum absolute atomic E-state index is 11.2. The van der Waals surface area contributed by atoms with E-state index in [-0.39, 0.29) is 6.04 Å². The molecular weight excluding hydrogens is 284 g/mol. The maximum Gasteiger partial charge on any atom is 0.131 e. The van der Waals surface area contributed by atoms with Gasteiger partial charge in [-0.05, 0) is 23.6 Å². The Morgan fingerprint density at radius 2 is 2.17 bits per heavy atom. The van der Waals surface area contributed by atoms with Gasteiger partial charge in [0, 0.05) is 30.3 Å². The maximum atomic E-state index is 11.2. The summed E-state index contributed by atoms with van der Waals surface area (Å²) in [6.45, 7) is 6.30. The first-order valence-corrected chi connectivity index (χ1v) is 8.61. The minimum Gasteiger partial charge on any atom is -0.382 e. The topological polar surface area (TPSA) is 33.1 Å². The van der Waals surface area contributed by atoms with Crippen LogP contribution in [-0.2, 0) is 0 Å². The van der Waals surface area contributed by atoms with Gasteiger partial charge in [0.25, 0.3) is 0 Å². The molecule has 2 bridgehead atoms. The van der Waals surface area contributed by atoms with E-state index in [2.05, 4.69) is 30.8 Å². The average Bonchev–Trinajstić information content (AvgIpc) is 2.60. The quantitative estimate of drug-likeness (QED) is 0.697. The molecule has 1 N–H and O–H groups in total. The number of hydrogen-bond acceptors (Lipinski definition) is 2. The molecule has 3 saturated heterocycles. The van der Waals surface area contributed by atoms with Crippen LogP contribution in [0.2, 0.25) is 0 Å². The molecule has 0 aliphatic carbocycles. The van der Waals surface area contributed by atoms with Crippen molar-refractivity contribution in [2.75, 3.05) is 20.1 Å². The molecule has 0 radical (unpaired) electrons. The minimum atomic E-state index is -0.429. The summed E-state index contributed by atoms with van der Waals surface area (Å²) in [6, 6.07) is 10.4. The Morgan fingerprint density at radius 1 is 1.35 bits per heavy atom. The third-order valence-electron chi connectivity index (χ3n) is 6.26. The van der Waals surface area contributed by atoms with Crippen LogP contribution in [0.15, 0.2) is 49.2 Å². The van der Waals surface area contributed by atoms with Crippen molar-refractivity contribution in [3.05, 3.63) is 54.7 Å². The van der Waals surface area contributed by atoms with Crippen LogP contribution in [0.5, 0.6) is 0 Å². The van der Waals surface area contributed by atoms with Crippen LogP contribution in [0.4, 0.5) is 0 Å². The fourth-order valence-corrected chi connectivity index (χ4v) is 4.88. The molecule has 3 nitrogen and oxygen atoms in total. The minimum absolute atomic E-state index is 0.274. The zero-order chi connectivity index (χ0) is 16.0. The highest BCUT2D eigenvalue weighted by molar-refractivity contribution is 5.82. The molecule has 2 aromatic rings. The van der Waals surface area contributed by atoms with Gasteiger partial charge >= 0.3 is 0 Å². The molecule has 3 fully saturated rings. The monoisotopic (exact) mass is 309 g/mol. The van der Waals surface area contributed by atoms with Crippen molar-refractivity contribution in [1.29, 1.82) is 0 Å². The molecule has 1 aromatic carbocycles. The van der Waals surface area contributed by atoms with Crippen LogP contribution in [0.3, 0.4) is 0 Å². The van der Waals surface area contributed by atoms with Gasteiger partial charge in [-0.25, -0.2) is 0 Å². The number of fused-ring (bicyclic) bond motifs is 4. The van der Waals surface area contributed by atoms with Gasteiger partial charge in [0.15, 0.2) is 0 Å². The van der Waals surface area contributed by atoms with Crippen molar-refractivity contribution in [2.45, 2.75) is 25.0 Å². The summed E-state index contributed by atoms with van der Waals surface area (Å²) in [5.74, 6) is 1.28. The number of quaternary nitrogens is 1. The van der Waals surface area contributed by atoms with Gasteiger partial charge in [0.1, 0.15) is 12.1 Å². The lowest BCUT2D eigenvalue weighted by Crippen LogP contribution is -2.66. The molecular formula is C20H25N2O+. The van der Waals surface area contributed by atoms with Crippen LogP contribution in [-0.4, -0.2) is 40.8 Å². The number of rotatable bonds is 3. The number of benzene rings is 1. The van der Waals surface area contributed by atoms with Gasteiger partial charge in [-0.1, -0.05) is 24.3 Å². The number of hydrogen-bond donors (Lipinski definition) is 1. The predicted molar refractivity (Wildman–Crippen MR) is 92.8 cm³/mol. The molecule has 3 heteroatoms. The van der Waals surface area contributed by atoms with E-state index < -0.39 is 6.10 Å². The second-order valence-corrected chi connectivity index (χ2v) is 7.50. The highest BCUT2D eigenvalue weighted by Crippen LogP contribution is 2.45. The Labute approximate surface area is 137 Å². The number of aliphatic hydroxyl groups is 1. The SMILES string of the molecule is C=CC1C[N+]2(C)CCC1C[C@@H]2[C@H](O)c1ccnc2ccccc12. The number of likely N-dealkylation sites (N-methyl/N-ethyl adjacent to an activating group) is 1. The Bertz CT molecular complexity index is 738. The molecule has 5 atom stereocenters. The van der Waals surface area contributed by atoms with Crippen molar-refractivity contribution in [2.24, 2.45) is 11.8 Å². The van der Waals surface area contributed by atoms with Crippen LogP contribution >= 0.6 is 0 Å². The molecule has 120 valence electrons. The first-order valence-electron chi connectivity index (χ1n) is 8.61. The summed E-state index contributed by atoms with van der Waals surface area (Å²) in [4.78, 5) is 4.43. The molecule has 1 aromatic heterocycles. The fraction of sp³-hybridized carbons (Fsp3) is 0.450. The van der Waals surface area contributed by atoms with Gasteiger partial charge < -0.3 is 9.59 Å². The van der Waals surface area contributed by atoms with E-state index in [1.54, 1.807) is 0 Å². The van der Waals surface area contributed by atoms with Crippen molar-refractivity contribution in [3.8, 4) is 0 Å². The lowest BCUT2D eigenvalue weighted by Gasteiger charge is -2.56. The number of para-hydroxylation sites is 1. The van der Waals surface area contributed by atoms with E-state index in [9.17, 15) is 5.11 Å². The van der Waals surface area contributed by atoms with E-state index in [1.807, 2.05) is 30.5 Å². The molecule has 0 spiro atoms. The molecule has 23 heavy (non-hydrogen) atoms. The second kappa shape index (κ2) is 5.43. The number of aliphatic hydroxyl groups excluding tert-OH is 1. The van der Waals surface area contributed by atoms with Gasteiger partial charge in [-0.2, -0.15) is 0 Å². The number of piperidine rings is 3. The third-order valence-corrected chi connectivity index (χ3v) is 6.26. The van der Waals surface area contributed by atoms with Gasteiger partial charge in [0.05, 0.1) is 25.7 Å². The second-order valence-electron chi connectivity index (χ2n) is 7.50. The normalized spacial score (nSPS) is 34.4. The van der Waals surface area contributed by atoms with E-state index in [0.29, 0.717) is 11.8 Å². The van der Waals surface area contributed by atoms with E-state index >= 15 is 0 Å². The molecule has 3 aliphatic heterocycles. The lowest BCUT2D eigenvalue weighted by molar-refractivity contribution is -0.956. The summed E-state index contributed by atoms with van der Waals surface area (Å²) in [6.07, 6.45) is 5.87. The number of aromatic nitrogens is 1. The van der Waals surface area contributed by atoms with Crippen LogP contribution in [0.25, 0.3) is 10.9 Å². The summed E-state index contributed by atoms with van der Waals surface area (Å²) in [5, 5.41) is 12.3. The first-order chi connectivity index (χ1) is 11.1. The molecule has 3 unspecified atom stereocenters. The Balaban J connectivity index is 1.72. The summed E-state index contributed by atoms with van der Waals surface area (Å²) >= 11 is 0. The first kappa shape index (κ1) is 14.9. The number of nitrogens with zero attached hydrogens (tertiary/aromatic N) is 2. The van der Waals surface area contributed by atoms with Crippen LogP contribution in [0.1, 0.15) is 24.5 Å². The summed E-state index contributed by atoms with van der Waals surface area (Å²) in [5.41, 5.74) is 1.99. The largest absolute Gasteiger partial charge is 0.382 e. The smallest absolute Gasteiger partial charge is 0.131 e. The van der Waals surface area contributed by atoms with E-state index in [4.69, 9.17) is 0 Å². The van der Waals surface area contributed by atoms with Crippen molar-refractivity contribution in [1.82, 2.24) is 4.98 Å². The van der Waals surface area contributed by atoms with Crippen LogP contribution in [0, 0.1) is 11.8 Å². The molecule has 3 aliphatic rings. The fourth-order valence-electron chi connectivity index (χ4n) is 4.88.